The summed E-state index contributed by atoms with van der Waals surface area (Å²) in [5, 5.41) is 2.36. The number of hydrogen-bond acceptors (Lipinski definition) is 2. The highest BCUT2D eigenvalue weighted by Crippen LogP contribution is 2.32. The molecule has 1 N–H and O–H groups in total. The highest BCUT2D eigenvalue weighted by molar-refractivity contribution is 6.09. The van der Waals surface area contributed by atoms with Crippen molar-refractivity contribution >= 4 is 17.4 Å². The van der Waals surface area contributed by atoms with Gasteiger partial charge >= 0.3 is 6.18 Å². The van der Waals surface area contributed by atoms with E-state index in [1.54, 1.807) is 12.1 Å². The van der Waals surface area contributed by atoms with Gasteiger partial charge in [-0.3, -0.25) is 9.59 Å². The van der Waals surface area contributed by atoms with Crippen LogP contribution in [-0.4, -0.2) is 11.7 Å². The maximum Gasteiger partial charge on any atom is 0.419 e. The van der Waals surface area contributed by atoms with Crippen molar-refractivity contribution in [3.63, 3.8) is 0 Å². The number of anilines is 1. The van der Waals surface area contributed by atoms with E-state index in [0.717, 1.165) is 6.07 Å². The van der Waals surface area contributed by atoms with Gasteiger partial charge in [0.1, 0.15) is 5.82 Å². The van der Waals surface area contributed by atoms with Gasteiger partial charge in [0.2, 0.25) is 0 Å². The molecule has 0 saturated carbocycles. The second-order valence-corrected chi connectivity index (χ2v) is 4.75. The number of hydrogen-bond donors (Lipinski definition) is 1. The molecule has 0 spiro atoms. The normalized spacial score (nSPS) is 11.2. The fourth-order valence-corrected chi connectivity index (χ4v) is 1.98. The molecule has 120 valence electrons. The molecule has 0 heterocycles. The summed E-state index contributed by atoms with van der Waals surface area (Å²) in [6.07, 6.45) is -4.91. The molecule has 7 heteroatoms. The summed E-state index contributed by atoms with van der Waals surface area (Å²) < 4.78 is 51.2. The lowest BCUT2D eigenvalue weighted by molar-refractivity contribution is -0.140. The van der Waals surface area contributed by atoms with E-state index in [1.807, 2.05) is 0 Å². The molecule has 0 saturated heterocycles. The molecule has 0 fully saturated rings. The van der Waals surface area contributed by atoms with E-state index in [1.165, 1.54) is 19.1 Å². The third kappa shape index (κ3) is 3.74. The average molecular weight is 325 g/mol. The topological polar surface area (TPSA) is 46.2 Å². The molecule has 2 rings (SSSR count). The number of nitrogens with one attached hydrogen (secondary N) is 1. The van der Waals surface area contributed by atoms with Crippen LogP contribution in [0.1, 0.15) is 33.2 Å². The van der Waals surface area contributed by atoms with Gasteiger partial charge in [-0.25, -0.2) is 4.39 Å². The first kappa shape index (κ1) is 16.7. The van der Waals surface area contributed by atoms with E-state index >= 15 is 0 Å². The van der Waals surface area contributed by atoms with Crippen molar-refractivity contribution < 1.29 is 27.2 Å². The van der Waals surface area contributed by atoms with E-state index < -0.39 is 23.5 Å². The summed E-state index contributed by atoms with van der Waals surface area (Å²) in [4.78, 5) is 23.5. The third-order valence-electron chi connectivity index (χ3n) is 3.09. The highest BCUT2D eigenvalue weighted by Gasteiger charge is 2.34. The highest BCUT2D eigenvalue weighted by atomic mass is 19.4. The minimum absolute atomic E-state index is 0.169. The zero-order chi connectivity index (χ0) is 17.2. The van der Waals surface area contributed by atoms with E-state index in [9.17, 15) is 27.2 Å². The lowest BCUT2D eigenvalue weighted by Crippen LogP contribution is -2.16. The van der Waals surface area contributed by atoms with Gasteiger partial charge in [0.05, 0.1) is 11.3 Å². The second kappa shape index (κ2) is 6.20. The molecule has 2 aromatic carbocycles. The Kier molecular flexibility index (Phi) is 4.49. The Morgan fingerprint density at radius 1 is 1.04 bits per heavy atom. The molecular formula is C16H11F4NO2. The van der Waals surface area contributed by atoms with Crippen LogP contribution in [0.4, 0.5) is 23.2 Å². The summed E-state index contributed by atoms with van der Waals surface area (Å²) in [5.41, 5.74) is -1.50. The quantitative estimate of drug-likeness (QED) is 0.675. The van der Waals surface area contributed by atoms with Crippen LogP contribution in [0, 0.1) is 5.82 Å². The number of para-hydroxylation sites is 1. The Balaban J connectivity index is 2.34. The van der Waals surface area contributed by atoms with Gasteiger partial charge in [-0.15, -0.1) is 0 Å². The number of Topliss-reactive ketones (excluding diaryl/α,β-unsaturated/α-hetero) is 1. The Bertz CT molecular complexity index is 769. The van der Waals surface area contributed by atoms with Gasteiger partial charge in [0.15, 0.2) is 5.78 Å². The van der Waals surface area contributed by atoms with Gasteiger partial charge in [-0.05, 0) is 37.3 Å². The minimum Gasteiger partial charge on any atom is -0.321 e. The molecule has 0 aromatic heterocycles. The van der Waals surface area contributed by atoms with Crippen molar-refractivity contribution in [1.29, 1.82) is 0 Å². The number of ketones is 1. The zero-order valence-corrected chi connectivity index (χ0v) is 11.9. The Morgan fingerprint density at radius 2 is 1.70 bits per heavy atom. The summed E-state index contributed by atoms with van der Waals surface area (Å²) in [6.45, 7) is 1.30. The van der Waals surface area contributed by atoms with Crippen LogP contribution in [0.2, 0.25) is 0 Å². The fourth-order valence-electron chi connectivity index (χ4n) is 1.98. The van der Waals surface area contributed by atoms with Gasteiger partial charge in [-0.1, -0.05) is 12.1 Å². The monoisotopic (exact) mass is 325 g/mol. The molecule has 0 aliphatic heterocycles. The predicted octanol–water partition coefficient (Wildman–Crippen LogP) is 4.30. The number of benzene rings is 2. The lowest BCUT2D eigenvalue weighted by Gasteiger charge is -2.12. The molecule has 3 nitrogen and oxygen atoms in total. The van der Waals surface area contributed by atoms with Crippen LogP contribution in [0.15, 0.2) is 42.5 Å². The van der Waals surface area contributed by atoms with Crippen molar-refractivity contribution in [1.82, 2.24) is 0 Å². The minimum atomic E-state index is -4.91. The van der Waals surface area contributed by atoms with Crippen molar-refractivity contribution in [2.45, 2.75) is 13.1 Å². The van der Waals surface area contributed by atoms with Gasteiger partial charge in [0, 0.05) is 11.1 Å². The summed E-state index contributed by atoms with van der Waals surface area (Å²) in [6, 6.07) is 8.03. The van der Waals surface area contributed by atoms with E-state index in [0.29, 0.717) is 12.1 Å². The van der Waals surface area contributed by atoms with Crippen LogP contribution in [0.3, 0.4) is 0 Å². The summed E-state index contributed by atoms with van der Waals surface area (Å²) in [5.74, 6) is -2.64. The first-order valence-electron chi connectivity index (χ1n) is 6.48. The number of halogens is 4. The van der Waals surface area contributed by atoms with Crippen molar-refractivity contribution in [2.24, 2.45) is 0 Å². The number of carbonyl (C=O) groups is 2. The molecule has 0 atom stereocenters. The average Bonchev–Trinajstić information content (AvgIpc) is 2.46. The number of amides is 1. The van der Waals surface area contributed by atoms with Crippen LogP contribution in [0.25, 0.3) is 0 Å². The van der Waals surface area contributed by atoms with E-state index in [-0.39, 0.29) is 22.6 Å². The van der Waals surface area contributed by atoms with E-state index in [2.05, 4.69) is 5.32 Å². The Hall–Kier alpha value is -2.70. The Labute approximate surface area is 128 Å². The number of rotatable bonds is 3. The van der Waals surface area contributed by atoms with E-state index in [4.69, 9.17) is 0 Å². The zero-order valence-electron chi connectivity index (χ0n) is 11.9. The van der Waals surface area contributed by atoms with Crippen LogP contribution < -0.4 is 5.32 Å². The summed E-state index contributed by atoms with van der Waals surface area (Å²) >= 11 is 0. The molecule has 0 bridgehead atoms. The molecule has 1 amide bonds. The third-order valence-corrected chi connectivity index (χ3v) is 3.09. The Morgan fingerprint density at radius 3 is 2.30 bits per heavy atom. The molecule has 0 radical (unpaired) electrons. The molecule has 0 aliphatic rings. The SMILES string of the molecule is CC(=O)c1ccccc1NC(=O)c1ccc(F)c(C(F)(F)F)c1. The first-order chi connectivity index (χ1) is 10.7. The van der Waals surface area contributed by atoms with Crippen LogP contribution in [-0.2, 0) is 6.18 Å². The van der Waals surface area contributed by atoms with Crippen molar-refractivity contribution in [3.8, 4) is 0 Å². The van der Waals surface area contributed by atoms with Gasteiger partial charge in [-0.2, -0.15) is 13.2 Å². The number of alkyl halides is 3. The maximum atomic E-state index is 13.2. The fraction of sp³-hybridized carbons (Fsp3) is 0.125. The second-order valence-electron chi connectivity index (χ2n) is 4.75. The number of carbonyl (C=O) groups excluding carboxylic acids is 2. The van der Waals surface area contributed by atoms with Crippen LogP contribution >= 0.6 is 0 Å². The maximum absolute atomic E-state index is 13.2. The summed E-state index contributed by atoms with van der Waals surface area (Å²) in [7, 11) is 0. The predicted molar refractivity (Wildman–Crippen MR) is 75.8 cm³/mol. The largest absolute Gasteiger partial charge is 0.419 e. The molecule has 0 unspecified atom stereocenters. The molecule has 0 aliphatic carbocycles. The van der Waals surface area contributed by atoms with Gasteiger partial charge in [0.25, 0.3) is 5.91 Å². The van der Waals surface area contributed by atoms with Crippen LogP contribution in [0.5, 0.6) is 0 Å². The molecular weight excluding hydrogens is 314 g/mol. The van der Waals surface area contributed by atoms with Gasteiger partial charge < -0.3 is 5.32 Å². The first-order valence-corrected chi connectivity index (χ1v) is 6.48. The lowest BCUT2D eigenvalue weighted by atomic mass is 10.1. The molecule has 2 aromatic rings. The van der Waals surface area contributed by atoms with Crippen molar-refractivity contribution in [2.75, 3.05) is 5.32 Å². The smallest absolute Gasteiger partial charge is 0.321 e. The molecule has 23 heavy (non-hydrogen) atoms. The standard InChI is InChI=1S/C16H11F4NO2/c1-9(22)11-4-2-3-5-14(11)21-15(23)10-6-7-13(17)12(8-10)16(18,19)20/h2-8H,1H3,(H,21,23). The van der Waals surface area contributed by atoms with Crippen molar-refractivity contribution in [3.05, 3.63) is 65.0 Å².